The lowest BCUT2D eigenvalue weighted by atomic mass is 10.1. The lowest BCUT2D eigenvalue weighted by Gasteiger charge is -2.17. The summed E-state index contributed by atoms with van der Waals surface area (Å²) in [6, 6.07) is 14.2. The molecule has 150 valence electrons. The molecule has 8 heteroatoms. The zero-order valence-corrected chi connectivity index (χ0v) is 17.1. The summed E-state index contributed by atoms with van der Waals surface area (Å²) in [6.45, 7) is 5.42. The third kappa shape index (κ3) is 5.32. The first kappa shape index (κ1) is 20.3. The molecule has 1 atom stereocenters. The Balaban J connectivity index is 1.56. The number of ether oxygens (including phenoxy) is 1. The van der Waals surface area contributed by atoms with Crippen LogP contribution in [-0.2, 0) is 4.79 Å². The number of carbonyl (C=O) groups excluding carboxylic acids is 1. The minimum atomic E-state index is -0.807. The van der Waals surface area contributed by atoms with Crippen LogP contribution < -0.4 is 26.5 Å². The third-order valence-corrected chi connectivity index (χ3v) is 4.42. The van der Waals surface area contributed by atoms with Gasteiger partial charge in [-0.25, -0.2) is 4.79 Å². The molecule has 29 heavy (non-hydrogen) atoms. The van der Waals surface area contributed by atoms with Crippen LogP contribution in [0.25, 0.3) is 11.0 Å². The van der Waals surface area contributed by atoms with E-state index in [1.54, 1.807) is 25.1 Å². The monoisotopic (exact) mass is 411 g/mol. The average Bonchev–Trinajstić information content (AvgIpc) is 2.67. The lowest BCUT2D eigenvalue weighted by molar-refractivity contribution is -0.127. The van der Waals surface area contributed by atoms with Gasteiger partial charge in [-0.1, -0.05) is 17.7 Å². The number of amides is 1. The largest absolute Gasteiger partial charge is 0.481 e. The molecule has 7 nitrogen and oxygen atoms in total. The van der Waals surface area contributed by atoms with Crippen LogP contribution in [0.1, 0.15) is 18.1 Å². The van der Waals surface area contributed by atoms with Gasteiger partial charge in [0.05, 0.1) is 0 Å². The van der Waals surface area contributed by atoms with E-state index in [9.17, 15) is 9.59 Å². The van der Waals surface area contributed by atoms with Crippen molar-refractivity contribution in [1.29, 1.82) is 0 Å². The number of hydrazine groups is 1. The molecule has 0 fully saturated rings. The number of thiocarbonyl (C=S) groups is 1. The molecule has 0 unspecified atom stereocenters. The molecular weight excluding hydrogens is 390 g/mol. The predicted molar refractivity (Wildman–Crippen MR) is 116 cm³/mol. The van der Waals surface area contributed by atoms with E-state index in [-0.39, 0.29) is 5.11 Å². The molecule has 3 aromatic rings. The maximum atomic E-state index is 12.3. The van der Waals surface area contributed by atoms with Crippen molar-refractivity contribution in [3.63, 3.8) is 0 Å². The molecule has 0 bridgehead atoms. The molecule has 1 heterocycles. The van der Waals surface area contributed by atoms with E-state index in [0.29, 0.717) is 11.3 Å². The summed E-state index contributed by atoms with van der Waals surface area (Å²) in [5, 5.41) is 4.02. The SMILES string of the molecule is Cc1ccc(NC(=S)NNC(=O)[C@@H](C)Oc2ccc3c(C)cc(=O)oc3c2)cc1. The molecule has 0 spiro atoms. The van der Waals surface area contributed by atoms with Crippen LogP contribution in [0, 0.1) is 13.8 Å². The fourth-order valence-electron chi connectivity index (χ4n) is 2.66. The highest BCUT2D eigenvalue weighted by molar-refractivity contribution is 7.80. The number of hydrogen-bond donors (Lipinski definition) is 3. The Morgan fingerprint density at radius 1 is 1.07 bits per heavy atom. The fourth-order valence-corrected chi connectivity index (χ4v) is 2.82. The number of hydrogen-bond acceptors (Lipinski definition) is 5. The van der Waals surface area contributed by atoms with Crippen molar-refractivity contribution >= 4 is 39.9 Å². The summed E-state index contributed by atoms with van der Waals surface area (Å²) in [7, 11) is 0. The molecule has 0 saturated carbocycles. The summed E-state index contributed by atoms with van der Waals surface area (Å²) >= 11 is 5.16. The summed E-state index contributed by atoms with van der Waals surface area (Å²) in [5.74, 6) is -0.00175. The average molecular weight is 411 g/mol. The number of fused-ring (bicyclic) bond motifs is 1. The lowest BCUT2D eigenvalue weighted by Crippen LogP contribution is -2.48. The van der Waals surface area contributed by atoms with Gasteiger partial charge in [-0.2, -0.15) is 0 Å². The molecule has 0 aliphatic heterocycles. The number of nitrogens with one attached hydrogen (secondary N) is 3. The summed E-state index contributed by atoms with van der Waals surface area (Å²) in [5.41, 5.74) is 7.86. The quantitative estimate of drug-likeness (QED) is 0.345. The summed E-state index contributed by atoms with van der Waals surface area (Å²) < 4.78 is 10.8. The predicted octanol–water partition coefficient (Wildman–Crippen LogP) is 3.19. The van der Waals surface area contributed by atoms with Gasteiger partial charge >= 0.3 is 5.63 Å². The number of anilines is 1. The van der Waals surface area contributed by atoms with Crippen molar-refractivity contribution in [3.05, 3.63) is 70.1 Å². The number of carbonyl (C=O) groups is 1. The zero-order valence-electron chi connectivity index (χ0n) is 16.2. The highest BCUT2D eigenvalue weighted by Crippen LogP contribution is 2.23. The van der Waals surface area contributed by atoms with Crippen molar-refractivity contribution in [2.24, 2.45) is 0 Å². The van der Waals surface area contributed by atoms with Crippen molar-refractivity contribution in [2.45, 2.75) is 26.9 Å². The Kier molecular flexibility index (Phi) is 6.13. The van der Waals surface area contributed by atoms with Gasteiger partial charge in [0.1, 0.15) is 11.3 Å². The number of rotatable bonds is 4. The van der Waals surface area contributed by atoms with Crippen molar-refractivity contribution < 1.29 is 13.9 Å². The topological polar surface area (TPSA) is 92.6 Å². The Labute approximate surface area is 173 Å². The normalized spacial score (nSPS) is 11.6. The summed E-state index contributed by atoms with van der Waals surface area (Å²) in [4.78, 5) is 23.8. The van der Waals surface area contributed by atoms with E-state index >= 15 is 0 Å². The first-order valence-corrected chi connectivity index (χ1v) is 9.37. The molecule has 3 N–H and O–H groups in total. The minimum Gasteiger partial charge on any atom is -0.481 e. The van der Waals surface area contributed by atoms with Gasteiger partial charge in [0.2, 0.25) is 0 Å². The molecule has 2 aromatic carbocycles. The van der Waals surface area contributed by atoms with Gasteiger partial charge in [0.25, 0.3) is 5.91 Å². The van der Waals surface area contributed by atoms with Crippen LogP contribution in [0.5, 0.6) is 5.75 Å². The Bertz CT molecular complexity index is 1110. The number of aryl methyl sites for hydroxylation is 2. The van der Waals surface area contributed by atoms with Crippen molar-refractivity contribution in [2.75, 3.05) is 5.32 Å². The maximum Gasteiger partial charge on any atom is 0.336 e. The van der Waals surface area contributed by atoms with Gasteiger partial charge < -0.3 is 14.5 Å². The highest BCUT2D eigenvalue weighted by atomic mass is 32.1. The van der Waals surface area contributed by atoms with Gasteiger partial charge in [-0.15, -0.1) is 0 Å². The molecule has 1 aromatic heterocycles. The smallest absolute Gasteiger partial charge is 0.336 e. The summed E-state index contributed by atoms with van der Waals surface area (Å²) in [6.07, 6.45) is -0.807. The minimum absolute atomic E-state index is 0.248. The maximum absolute atomic E-state index is 12.3. The van der Waals surface area contributed by atoms with Gasteiger partial charge in [-0.05, 0) is 62.8 Å². The van der Waals surface area contributed by atoms with E-state index in [0.717, 1.165) is 22.2 Å². The molecule has 0 radical (unpaired) electrons. The molecule has 0 saturated heterocycles. The first-order chi connectivity index (χ1) is 13.8. The Hall–Kier alpha value is -3.39. The molecule has 1 amide bonds. The zero-order chi connectivity index (χ0) is 21.0. The molecular formula is C21H21N3O4S. The Morgan fingerprint density at radius 2 is 1.79 bits per heavy atom. The van der Waals surface area contributed by atoms with Gasteiger partial charge in [0, 0.05) is 23.2 Å². The van der Waals surface area contributed by atoms with Gasteiger partial charge in [-0.3, -0.25) is 15.6 Å². The van der Waals surface area contributed by atoms with Crippen LogP contribution in [0.2, 0.25) is 0 Å². The van der Waals surface area contributed by atoms with Crippen LogP contribution >= 0.6 is 12.2 Å². The van der Waals surface area contributed by atoms with Crippen LogP contribution in [0.4, 0.5) is 5.69 Å². The van der Waals surface area contributed by atoms with E-state index < -0.39 is 17.6 Å². The molecule has 0 aliphatic carbocycles. The van der Waals surface area contributed by atoms with Crippen LogP contribution in [0.15, 0.2) is 57.7 Å². The van der Waals surface area contributed by atoms with E-state index in [4.69, 9.17) is 21.4 Å². The van der Waals surface area contributed by atoms with Gasteiger partial charge in [0.15, 0.2) is 11.2 Å². The second kappa shape index (κ2) is 8.74. The second-order valence-corrected chi connectivity index (χ2v) is 7.01. The molecule has 3 rings (SSSR count). The van der Waals surface area contributed by atoms with Crippen molar-refractivity contribution in [1.82, 2.24) is 10.9 Å². The fraction of sp³-hybridized carbons (Fsp3) is 0.190. The van der Waals surface area contributed by atoms with Crippen LogP contribution in [-0.4, -0.2) is 17.1 Å². The second-order valence-electron chi connectivity index (χ2n) is 6.60. The van der Waals surface area contributed by atoms with E-state index in [1.807, 2.05) is 38.1 Å². The highest BCUT2D eigenvalue weighted by Gasteiger charge is 2.15. The van der Waals surface area contributed by atoms with Crippen LogP contribution in [0.3, 0.4) is 0 Å². The van der Waals surface area contributed by atoms with E-state index in [1.165, 1.54) is 6.07 Å². The standard InChI is InChI=1S/C21H21N3O4S/c1-12-4-6-15(7-5-12)22-21(29)24-23-20(26)14(3)27-16-8-9-17-13(2)10-19(25)28-18(17)11-16/h4-11,14H,1-3H3,(H,23,26)(H2,22,24,29)/t14-/m1/s1. The molecule has 0 aliphatic rings. The van der Waals surface area contributed by atoms with Crippen molar-refractivity contribution in [3.8, 4) is 5.75 Å². The first-order valence-electron chi connectivity index (χ1n) is 8.96. The van der Waals surface area contributed by atoms with E-state index in [2.05, 4.69) is 16.2 Å². The Morgan fingerprint density at radius 3 is 2.52 bits per heavy atom. The number of benzene rings is 2. The third-order valence-electron chi connectivity index (χ3n) is 4.21.